The van der Waals surface area contributed by atoms with Gasteiger partial charge in [-0.1, -0.05) is 0 Å². The van der Waals surface area contributed by atoms with Crippen LogP contribution in [0, 0.1) is 17.2 Å². The summed E-state index contributed by atoms with van der Waals surface area (Å²) in [4.78, 5) is 15.3. The first kappa shape index (κ1) is 19.2. The first-order chi connectivity index (χ1) is 13.9. The molecular formula is C19H19N5O4S. The summed E-state index contributed by atoms with van der Waals surface area (Å²) in [5.74, 6) is 0.0595. The van der Waals surface area contributed by atoms with Crippen LogP contribution in [0.25, 0.3) is 10.9 Å². The van der Waals surface area contributed by atoms with Gasteiger partial charge in [0.2, 0.25) is 0 Å². The molecule has 0 saturated carbocycles. The SMILES string of the molecule is CS(=O)(=O)c1ccc(Nc2nn([C@H]3COCCC3C#N)c3cc[nH]c(=O)c23)cc1. The highest BCUT2D eigenvalue weighted by Crippen LogP contribution is 2.31. The normalized spacial score (nSPS) is 19.7. The molecule has 10 heteroatoms. The maximum atomic E-state index is 12.5. The van der Waals surface area contributed by atoms with E-state index in [0.29, 0.717) is 42.0 Å². The van der Waals surface area contributed by atoms with Crippen LogP contribution < -0.4 is 10.9 Å². The number of aromatic nitrogens is 3. The molecule has 2 aromatic heterocycles. The van der Waals surface area contributed by atoms with Gasteiger partial charge in [0.15, 0.2) is 15.7 Å². The molecule has 2 N–H and O–H groups in total. The number of benzene rings is 1. The van der Waals surface area contributed by atoms with Crippen LogP contribution in [0.15, 0.2) is 46.2 Å². The molecule has 0 aliphatic carbocycles. The van der Waals surface area contributed by atoms with Crippen molar-refractivity contribution in [2.75, 3.05) is 24.8 Å². The number of sulfone groups is 1. The Labute approximate surface area is 166 Å². The maximum Gasteiger partial charge on any atom is 0.261 e. The summed E-state index contributed by atoms with van der Waals surface area (Å²) >= 11 is 0. The number of nitrogens with zero attached hydrogens (tertiary/aromatic N) is 3. The summed E-state index contributed by atoms with van der Waals surface area (Å²) in [7, 11) is -3.30. The smallest absolute Gasteiger partial charge is 0.261 e. The van der Waals surface area contributed by atoms with Crippen molar-refractivity contribution in [3.05, 3.63) is 46.9 Å². The first-order valence-electron chi connectivity index (χ1n) is 9.03. The second-order valence-corrected chi connectivity index (χ2v) is 8.96. The number of rotatable bonds is 4. The molecule has 3 heterocycles. The molecular weight excluding hydrogens is 394 g/mol. The van der Waals surface area contributed by atoms with E-state index in [4.69, 9.17) is 4.74 Å². The average molecular weight is 413 g/mol. The van der Waals surface area contributed by atoms with E-state index in [1.165, 1.54) is 12.1 Å². The topological polar surface area (TPSA) is 130 Å². The van der Waals surface area contributed by atoms with Crippen molar-refractivity contribution in [1.29, 1.82) is 5.26 Å². The standard InChI is InChI=1S/C19H19N5O4S/c1-29(26,27)14-4-2-13(3-5-14)22-18-17-15(6-8-21-19(17)25)24(23-18)16-11-28-9-7-12(16)10-20/h2-6,8,12,16H,7,9,11H2,1H3,(H,21,25)(H,22,23)/t12?,16-/m0/s1. The van der Waals surface area contributed by atoms with Gasteiger partial charge in [-0.25, -0.2) is 8.42 Å². The molecule has 1 aromatic carbocycles. The molecule has 150 valence electrons. The van der Waals surface area contributed by atoms with E-state index in [-0.39, 0.29) is 22.4 Å². The number of hydrogen-bond acceptors (Lipinski definition) is 7. The Morgan fingerprint density at radius 1 is 1.31 bits per heavy atom. The highest BCUT2D eigenvalue weighted by Gasteiger charge is 2.30. The van der Waals surface area contributed by atoms with Gasteiger partial charge in [0.05, 0.1) is 35.0 Å². The summed E-state index contributed by atoms with van der Waals surface area (Å²) in [5, 5.41) is 17.5. The lowest BCUT2D eigenvalue weighted by Gasteiger charge is -2.27. The molecule has 1 saturated heterocycles. The summed E-state index contributed by atoms with van der Waals surface area (Å²) in [5.41, 5.74) is 0.873. The Morgan fingerprint density at radius 2 is 2.07 bits per heavy atom. The molecule has 0 spiro atoms. The van der Waals surface area contributed by atoms with Crippen molar-refractivity contribution >= 4 is 32.2 Å². The minimum Gasteiger partial charge on any atom is -0.379 e. The van der Waals surface area contributed by atoms with Gasteiger partial charge < -0.3 is 15.0 Å². The Balaban J connectivity index is 1.77. The van der Waals surface area contributed by atoms with Crippen LogP contribution in [0.1, 0.15) is 12.5 Å². The lowest BCUT2D eigenvalue weighted by molar-refractivity contribution is 0.0359. The number of nitriles is 1. The molecule has 2 atom stereocenters. The van der Waals surface area contributed by atoms with Crippen LogP contribution in [0.5, 0.6) is 0 Å². The number of ether oxygens (including phenoxy) is 1. The second kappa shape index (κ2) is 7.35. The van der Waals surface area contributed by atoms with Crippen LogP contribution in [-0.4, -0.2) is 42.7 Å². The van der Waals surface area contributed by atoms with E-state index >= 15 is 0 Å². The molecule has 0 bridgehead atoms. The number of fused-ring (bicyclic) bond motifs is 1. The quantitative estimate of drug-likeness (QED) is 0.669. The largest absolute Gasteiger partial charge is 0.379 e. The minimum atomic E-state index is -3.30. The fraction of sp³-hybridized carbons (Fsp3) is 0.316. The zero-order valence-electron chi connectivity index (χ0n) is 15.6. The van der Waals surface area contributed by atoms with E-state index < -0.39 is 9.84 Å². The van der Waals surface area contributed by atoms with Gasteiger partial charge in [-0.3, -0.25) is 9.48 Å². The Hall–Kier alpha value is -3.16. The van der Waals surface area contributed by atoms with Crippen LogP contribution in [0.3, 0.4) is 0 Å². The lowest BCUT2D eigenvalue weighted by Crippen LogP contribution is -2.30. The van der Waals surface area contributed by atoms with Crippen molar-refractivity contribution in [2.45, 2.75) is 17.4 Å². The number of hydrogen-bond donors (Lipinski definition) is 2. The van der Waals surface area contributed by atoms with E-state index in [2.05, 4.69) is 21.5 Å². The number of H-pyrrole nitrogens is 1. The summed E-state index contributed by atoms with van der Waals surface area (Å²) < 4.78 is 30.5. The molecule has 0 amide bonds. The zero-order valence-corrected chi connectivity index (χ0v) is 16.4. The molecule has 29 heavy (non-hydrogen) atoms. The zero-order chi connectivity index (χ0) is 20.6. The molecule has 1 aliphatic heterocycles. The second-order valence-electron chi connectivity index (χ2n) is 6.95. The van der Waals surface area contributed by atoms with E-state index in [1.54, 1.807) is 29.1 Å². The molecule has 0 radical (unpaired) electrons. The van der Waals surface area contributed by atoms with Gasteiger partial charge in [-0.15, -0.1) is 0 Å². The van der Waals surface area contributed by atoms with Gasteiger partial charge in [-0.2, -0.15) is 10.4 Å². The number of pyridine rings is 1. The summed E-state index contributed by atoms with van der Waals surface area (Å²) in [6.45, 7) is 0.858. The van der Waals surface area contributed by atoms with E-state index in [9.17, 15) is 18.5 Å². The third kappa shape index (κ3) is 3.62. The van der Waals surface area contributed by atoms with E-state index in [1.807, 2.05) is 0 Å². The molecule has 9 nitrogen and oxygen atoms in total. The van der Waals surface area contributed by atoms with Gasteiger partial charge in [0.1, 0.15) is 5.39 Å². The highest BCUT2D eigenvalue weighted by molar-refractivity contribution is 7.90. The number of nitrogens with one attached hydrogen (secondary N) is 2. The van der Waals surface area contributed by atoms with E-state index in [0.717, 1.165) is 6.26 Å². The number of anilines is 2. The van der Waals surface area contributed by atoms with Crippen molar-refractivity contribution in [3.8, 4) is 6.07 Å². The third-order valence-electron chi connectivity index (χ3n) is 4.98. The van der Waals surface area contributed by atoms with Crippen molar-refractivity contribution in [3.63, 3.8) is 0 Å². The van der Waals surface area contributed by atoms with Gasteiger partial charge >= 0.3 is 0 Å². The van der Waals surface area contributed by atoms with Crippen molar-refractivity contribution in [1.82, 2.24) is 14.8 Å². The van der Waals surface area contributed by atoms with Gasteiger partial charge in [-0.05, 0) is 36.8 Å². The fourth-order valence-electron chi connectivity index (χ4n) is 3.48. The molecule has 1 unspecified atom stereocenters. The predicted molar refractivity (Wildman–Crippen MR) is 107 cm³/mol. The molecule has 1 aliphatic rings. The van der Waals surface area contributed by atoms with Crippen molar-refractivity contribution < 1.29 is 13.2 Å². The lowest BCUT2D eigenvalue weighted by atomic mass is 9.96. The highest BCUT2D eigenvalue weighted by atomic mass is 32.2. The van der Waals surface area contributed by atoms with Crippen LogP contribution in [0.4, 0.5) is 11.5 Å². The first-order valence-corrected chi connectivity index (χ1v) is 10.9. The molecule has 1 fully saturated rings. The maximum absolute atomic E-state index is 12.5. The van der Waals surface area contributed by atoms with Crippen molar-refractivity contribution in [2.24, 2.45) is 5.92 Å². The average Bonchev–Trinajstić information content (AvgIpc) is 3.07. The third-order valence-corrected chi connectivity index (χ3v) is 6.11. The minimum absolute atomic E-state index is 0.201. The van der Waals surface area contributed by atoms with Gasteiger partial charge in [0, 0.05) is 24.7 Å². The van der Waals surface area contributed by atoms with Crippen LogP contribution in [-0.2, 0) is 14.6 Å². The fourth-order valence-corrected chi connectivity index (χ4v) is 4.11. The van der Waals surface area contributed by atoms with Gasteiger partial charge in [0.25, 0.3) is 5.56 Å². The Kier molecular flexibility index (Phi) is 4.86. The summed E-state index contributed by atoms with van der Waals surface area (Å²) in [6.07, 6.45) is 3.28. The number of aromatic amines is 1. The van der Waals surface area contributed by atoms with Crippen LogP contribution in [0.2, 0.25) is 0 Å². The summed E-state index contributed by atoms with van der Waals surface area (Å²) in [6, 6.07) is 9.94. The Morgan fingerprint density at radius 3 is 2.76 bits per heavy atom. The van der Waals surface area contributed by atoms with Crippen LogP contribution >= 0.6 is 0 Å². The molecule has 3 aromatic rings. The monoisotopic (exact) mass is 413 g/mol. The Bertz CT molecular complexity index is 1250. The predicted octanol–water partition coefficient (Wildman–Crippen LogP) is 1.97. The molecule has 4 rings (SSSR count).